The van der Waals surface area contributed by atoms with E-state index in [2.05, 4.69) is 14.7 Å². The number of carbonyl (C=O) groups is 2. The van der Waals surface area contributed by atoms with Crippen LogP contribution in [-0.2, 0) is 14.3 Å². The summed E-state index contributed by atoms with van der Waals surface area (Å²) in [6.45, 7) is 0. The molecule has 2 saturated carbocycles. The normalized spacial score (nSPS) is 25.0. The molecule has 2 fully saturated rings. The van der Waals surface area contributed by atoms with Gasteiger partial charge in [0.05, 0.1) is 18.9 Å². The van der Waals surface area contributed by atoms with Crippen LogP contribution in [0.1, 0.15) is 36.1 Å². The van der Waals surface area contributed by atoms with Gasteiger partial charge in [0.25, 0.3) is 0 Å². The van der Waals surface area contributed by atoms with Gasteiger partial charge in [-0.1, -0.05) is 23.2 Å². The molecule has 2 aliphatic rings. The first kappa shape index (κ1) is 19.6. The number of methoxy groups -OCH3 is 1. The largest absolute Gasteiger partial charge is 0.481 e. The molecule has 0 radical (unpaired) electrons. The van der Waals surface area contributed by atoms with Crippen LogP contribution in [0.4, 0.5) is 0 Å². The van der Waals surface area contributed by atoms with E-state index >= 15 is 0 Å². The maximum absolute atomic E-state index is 11.2. The highest BCUT2D eigenvalue weighted by atomic mass is 35.5. The zero-order valence-corrected chi connectivity index (χ0v) is 16.0. The van der Waals surface area contributed by atoms with Gasteiger partial charge in [-0.25, -0.2) is 0 Å². The van der Waals surface area contributed by atoms with Gasteiger partial charge in [-0.2, -0.15) is 0 Å². The van der Waals surface area contributed by atoms with Gasteiger partial charge in [-0.05, 0) is 37.1 Å². The summed E-state index contributed by atoms with van der Waals surface area (Å²) in [7, 11) is 1.41. The summed E-state index contributed by atoms with van der Waals surface area (Å²) in [5, 5.41) is 9.96. The van der Waals surface area contributed by atoms with Crippen LogP contribution >= 0.6 is 23.2 Å². The lowest BCUT2D eigenvalue weighted by Crippen LogP contribution is -2.04. The lowest BCUT2D eigenvalue weighted by atomic mass is 10.2. The van der Waals surface area contributed by atoms with E-state index in [9.17, 15) is 9.59 Å². The molecule has 2 aliphatic carbocycles. The van der Waals surface area contributed by atoms with Gasteiger partial charge in [-0.15, -0.1) is 0 Å². The molecule has 2 heterocycles. The number of pyridine rings is 2. The third-order valence-corrected chi connectivity index (χ3v) is 5.12. The number of carboxylic acids is 1. The Labute approximate surface area is 166 Å². The first-order chi connectivity index (χ1) is 12.9. The fourth-order valence-electron chi connectivity index (χ4n) is 2.98. The fraction of sp³-hybridized carbons (Fsp3) is 0.368. The van der Waals surface area contributed by atoms with Crippen LogP contribution in [0.25, 0.3) is 0 Å². The molecule has 2 aromatic heterocycles. The second kappa shape index (κ2) is 8.23. The molecule has 0 saturated heterocycles. The first-order valence-electron chi connectivity index (χ1n) is 8.44. The Balaban J connectivity index is 0.000000156. The summed E-state index contributed by atoms with van der Waals surface area (Å²) in [4.78, 5) is 30.0. The summed E-state index contributed by atoms with van der Waals surface area (Å²) in [5.74, 6) is -0.919. The first-order valence-corrected chi connectivity index (χ1v) is 9.19. The highest BCUT2D eigenvalue weighted by Gasteiger charge is 2.46. The van der Waals surface area contributed by atoms with Crippen LogP contribution in [0.5, 0.6) is 0 Å². The Morgan fingerprint density at radius 3 is 1.89 bits per heavy atom. The van der Waals surface area contributed by atoms with Crippen molar-refractivity contribution in [2.24, 2.45) is 11.8 Å². The molecular weight excluding hydrogens is 391 g/mol. The Morgan fingerprint density at radius 1 is 1.00 bits per heavy atom. The summed E-state index contributed by atoms with van der Waals surface area (Å²) < 4.78 is 4.66. The van der Waals surface area contributed by atoms with Crippen molar-refractivity contribution in [2.75, 3.05) is 7.11 Å². The summed E-state index contributed by atoms with van der Waals surface area (Å²) >= 11 is 11.6. The van der Waals surface area contributed by atoms with Crippen molar-refractivity contribution in [3.05, 3.63) is 58.1 Å². The molecule has 0 spiro atoms. The summed E-state index contributed by atoms with van der Waals surface area (Å²) in [6, 6.07) is 6.94. The molecular formula is C19H18Cl2N2O4. The SMILES string of the molecule is COC(=O)[C@H]1C[C@@H]1c1cc(Cl)ccn1.O=C(O)[C@H]1C[C@@H]1c1cc(Cl)ccn1. The van der Waals surface area contributed by atoms with E-state index in [1.54, 1.807) is 36.7 Å². The third kappa shape index (κ3) is 4.96. The smallest absolute Gasteiger partial charge is 0.309 e. The zero-order chi connectivity index (χ0) is 19.6. The molecule has 4 rings (SSSR count). The molecule has 1 N–H and O–H groups in total. The van der Waals surface area contributed by atoms with Crippen molar-refractivity contribution >= 4 is 35.1 Å². The minimum absolute atomic E-state index is 0.0223. The van der Waals surface area contributed by atoms with Crippen molar-refractivity contribution in [1.29, 1.82) is 0 Å². The van der Waals surface area contributed by atoms with Gasteiger partial charge in [0.1, 0.15) is 0 Å². The molecule has 27 heavy (non-hydrogen) atoms. The van der Waals surface area contributed by atoms with Crippen LogP contribution in [0.3, 0.4) is 0 Å². The van der Waals surface area contributed by atoms with Gasteiger partial charge in [-0.3, -0.25) is 19.6 Å². The quantitative estimate of drug-likeness (QED) is 0.770. The number of carboxylic acid groups (broad SMARTS) is 1. The number of aliphatic carboxylic acids is 1. The maximum Gasteiger partial charge on any atom is 0.309 e. The number of hydrogen-bond acceptors (Lipinski definition) is 5. The third-order valence-electron chi connectivity index (χ3n) is 4.65. The summed E-state index contributed by atoms with van der Waals surface area (Å²) in [6.07, 6.45) is 4.77. The molecule has 0 unspecified atom stereocenters. The monoisotopic (exact) mass is 408 g/mol. The predicted molar refractivity (Wildman–Crippen MR) is 99.8 cm³/mol. The molecule has 142 valence electrons. The number of carbonyl (C=O) groups excluding carboxylic acids is 1. The van der Waals surface area contributed by atoms with Gasteiger partial charge < -0.3 is 9.84 Å². The molecule has 8 heteroatoms. The van der Waals surface area contributed by atoms with E-state index in [0.29, 0.717) is 16.5 Å². The minimum atomic E-state index is -0.744. The number of halogens is 2. The van der Waals surface area contributed by atoms with E-state index < -0.39 is 5.97 Å². The van der Waals surface area contributed by atoms with Crippen LogP contribution in [0.2, 0.25) is 10.0 Å². The lowest BCUT2D eigenvalue weighted by molar-refractivity contribution is -0.142. The molecule has 0 bridgehead atoms. The van der Waals surface area contributed by atoms with Gasteiger partial charge in [0.2, 0.25) is 0 Å². The Bertz CT molecular complexity index is 861. The number of ether oxygens (including phenoxy) is 1. The molecule has 4 atom stereocenters. The fourth-order valence-corrected chi connectivity index (χ4v) is 3.31. The van der Waals surface area contributed by atoms with E-state index in [1.165, 1.54) is 7.11 Å². The van der Waals surface area contributed by atoms with Crippen LogP contribution in [0, 0.1) is 11.8 Å². The van der Waals surface area contributed by atoms with Gasteiger partial charge in [0, 0.05) is 45.7 Å². The molecule has 2 aromatic rings. The standard InChI is InChI=1S/C10H10ClNO2.C9H8ClNO2/c1-14-10(13)8-5-7(8)9-4-6(11)2-3-12-9;10-5-1-2-11-8(3-5)6-4-7(6)9(12)13/h2-4,7-8H,5H2,1H3;1-3,6-7H,4H2,(H,12,13)/t7-,8-;6-,7-/m00/s1. The number of aromatic nitrogens is 2. The van der Waals surface area contributed by atoms with Gasteiger partial charge >= 0.3 is 11.9 Å². The average Bonchev–Trinajstić information content (AvgIpc) is 3.55. The van der Waals surface area contributed by atoms with E-state index in [-0.39, 0.29) is 29.6 Å². The second-order valence-corrected chi connectivity index (χ2v) is 7.43. The van der Waals surface area contributed by atoms with Crippen LogP contribution in [-0.4, -0.2) is 34.1 Å². The molecule has 0 aliphatic heterocycles. The Hall–Kier alpha value is -2.18. The number of esters is 1. The molecule has 0 aromatic carbocycles. The van der Waals surface area contributed by atoms with Crippen LogP contribution in [0.15, 0.2) is 36.7 Å². The number of hydrogen-bond donors (Lipinski definition) is 1. The van der Waals surface area contributed by atoms with Crippen molar-refractivity contribution in [3.63, 3.8) is 0 Å². The number of nitrogens with zero attached hydrogens (tertiary/aromatic N) is 2. The van der Waals surface area contributed by atoms with Gasteiger partial charge in [0.15, 0.2) is 0 Å². The lowest BCUT2D eigenvalue weighted by Gasteiger charge is -1.99. The number of rotatable bonds is 4. The Morgan fingerprint density at radius 2 is 1.48 bits per heavy atom. The molecule has 6 nitrogen and oxygen atoms in total. The average molecular weight is 409 g/mol. The van der Waals surface area contributed by atoms with Crippen molar-refractivity contribution in [3.8, 4) is 0 Å². The molecule has 0 amide bonds. The highest BCUT2D eigenvalue weighted by Crippen LogP contribution is 2.48. The maximum atomic E-state index is 11.2. The van der Waals surface area contributed by atoms with Crippen molar-refractivity contribution in [1.82, 2.24) is 9.97 Å². The highest BCUT2D eigenvalue weighted by molar-refractivity contribution is 6.30. The van der Waals surface area contributed by atoms with Crippen molar-refractivity contribution in [2.45, 2.75) is 24.7 Å². The summed E-state index contributed by atoms with van der Waals surface area (Å²) in [5.41, 5.74) is 1.67. The second-order valence-electron chi connectivity index (χ2n) is 6.56. The van der Waals surface area contributed by atoms with E-state index in [1.807, 2.05) is 0 Å². The van der Waals surface area contributed by atoms with Crippen LogP contribution < -0.4 is 0 Å². The predicted octanol–water partition coefficient (Wildman–Crippen LogP) is 3.93. The zero-order valence-electron chi connectivity index (χ0n) is 14.5. The minimum Gasteiger partial charge on any atom is -0.481 e. The topological polar surface area (TPSA) is 89.4 Å². The van der Waals surface area contributed by atoms with E-state index in [0.717, 1.165) is 17.8 Å². The van der Waals surface area contributed by atoms with Crippen molar-refractivity contribution < 1.29 is 19.4 Å². The Kier molecular flexibility index (Phi) is 5.97. The van der Waals surface area contributed by atoms with E-state index in [4.69, 9.17) is 28.3 Å².